The summed E-state index contributed by atoms with van der Waals surface area (Å²) in [6, 6.07) is 1.14. The van der Waals surface area contributed by atoms with Crippen LogP contribution in [0.4, 0.5) is 0 Å². The Bertz CT molecular complexity index is 514. The van der Waals surface area contributed by atoms with E-state index in [1.807, 2.05) is 0 Å². The van der Waals surface area contributed by atoms with Crippen molar-refractivity contribution in [2.75, 3.05) is 6.26 Å². The summed E-state index contributed by atoms with van der Waals surface area (Å²) in [6.45, 7) is 0. The van der Waals surface area contributed by atoms with Crippen molar-refractivity contribution in [2.24, 2.45) is 0 Å². The van der Waals surface area contributed by atoms with Gasteiger partial charge in [0.05, 0.1) is 6.26 Å². The second-order valence-electron chi connectivity index (χ2n) is 2.36. The summed E-state index contributed by atoms with van der Waals surface area (Å²) in [4.78, 5) is 6.87. The van der Waals surface area contributed by atoms with Crippen LogP contribution in [0.2, 0.25) is 10.3 Å². The topological polar surface area (TPSA) is 92.9 Å². The first-order valence-corrected chi connectivity index (χ1v) is 5.93. The van der Waals surface area contributed by atoms with Crippen LogP contribution in [0.3, 0.4) is 0 Å². The van der Waals surface area contributed by atoms with Crippen LogP contribution >= 0.6 is 23.2 Å². The van der Waals surface area contributed by atoms with Crippen LogP contribution in [0.5, 0.6) is 6.01 Å². The predicted molar refractivity (Wildman–Crippen MR) is 52.2 cm³/mol. The molecular weight excluding hydrogens is 265 g/mol. The largest absolute Gasteiger partial charge is 0.343 e. The minimum Gasteiger partial charge on any atom is -0.343 e. The minimum absolute atomic E-state index is 0.140. The van der Waals surface area contributed by atoms with Gasteiger partial charge in [-0.05, 0) is 0 Å². The normalized spacial score (nSPS) is 10.8. The van der Waals surface area contributed by atoms with Crippen molar-refractivity contribution in [2.45, 2.75) is 0 Å². The fourth-order valence-electron chi connectivity index (χ4n) is 0.655. The van der Waals surface area contributed by atoms with E-state index in [4.69, 9.17) is 28.5 Å². The van der Waals surface area contributed by atoms with Crippen molar-refractivity contribution in [3.63, 3.8) is 0 Å². The Morgan fingerprint density at radius 2 is 1.80 bits per heavy atom. The van der Waals surface area contributed by atoms with E-state index in [9.17, 15) is 8.42 Å². The first kappa shape index (κ1) is 12.0. The maximum absolute atomic E-state index is 10.7. The predicted octanol–water partition coefficient (Wildman–Crippen LogP) is 0.993. The Balaban J connectivity index is 3.22. The molecule has 1 rings (SSSR count). The average molecular weight is 268 g/mol. The first-order valence-electron chi connectivity index (χ1n) is 3.36. The Morgan fingerprint density at radius 1 is 1.33 bits per heavy atom. The smallest absolute Gasteiger partial charge is 0.335 e. The van der Waals surface area contributed by atoms with E-state index in [1.165, 1.54) is 0 Å². The van der Waals surface area contributed by atoms with Crippen molar-refractivity contribution < 1.29 is 12.6 Å². The van der Waals surface area contributed by atoms with E-state index < -0.39 is 16.1 Å². The molecule has 0 spiro atoms. The molecule has 15 heavy (non-hydrogen) atoms. The number of aromatic nitrogens is 2. The maximum atomic E-state index is 10.7. The SMILES string of the molecule is CS(=O)(=O)Oc1nc(Cl)c(C#N)c(Cl)n1. The highest BCUT2D eigenvalue weighted by Gasteiger charge is 2.14. The summed E-state index contributed by atoms with van der Waals surface area (Å²) in [6.07, 6.45) is 0.816. The van der Waals surface area contributed by atoms with E-state index in [0.29, 0.717) is 0 Å². The van der Waals surface area contributed by atoms with Crippen molar-refractivity contribution in [1.82, 2.24) is 9.97 Å². The first-order chi connectivity index (χ1) is 6.83. The molecular formula is C6H3Cl2N3O3S. The number of hydrogen-bond donors (Lipinski definition) is 0. The number of rotatable bonds is 2. The van der Waals surface area contributed by atoms with Gasteiger partial charge in [0.1, 0.15) is 11.6 Å². The van der Waals surface area contributed by atoms with E-state index in [1.54, 1.807) is 6.07 Å². The van der Waals surface area contributed by atoms with Gasteiger partial charge in [-0.2, -0.15) is 23.6 Å². The molecule has 0 aliphatic carbocycles. The lowest BCUT2D eigenvalue weighted by molar-refractivity contribution is 0.470. The molecule has 0 bridgehead atoms. The highest BCUT2D eigenvalue weighted by atomic mass is 35.5. The fraction of sp³-hybridized carbons (Fsp3) is 0.167. The standard InChI is InChI=1S/C6H3Cl2N3O3S/c1-15(12,13)14-6-10-4(7)3(2-9)5(8)11-6/h1H3. The summed E-state index contributed by atoms with van der Waals surface area (Å²) >= 11 is 11.1. The average Bonchev–Trinajstić information content (AvgIpc) is 1.99. The molecule has 0 aromatic carbocycles. The zero-order valence-corrected chi connectivity index (χ0v) is 9.56. The van der Waals surface area contributed by atoms with Crippen LogP contribution in [0.25, 0.3) is 0 Å². The lowest BCUT2D eigenvalue weighted by Crippen LogP contribution is -2.09. The lowest BCUT2D eigenvalue weighted by atomic mass is 10.4. The Labute approximate surface area is 95.5 Å². The summed E-state index contributed by atoms with van der Waals surface area (Å²) in [5.74, 6) is 0. The fourth-order valence-corrected chi connectivity index (χ4v) is 1.46. The highest BCUT2D eigenvalue weighted by Crippen LogP contribution is 2.22. The van der Waals surface area contributed by atoms with E-state index in [0.717, 1.165) is 6.26 Å². The van der Waals surface area contributed by atoms with Gasteiger partial charge < -0.3 is 4.18 Å². The Hall–Kier alpha value is -1.10. The van der Waals surface area contributed by atoms with Crippen LogP contribution in [0.15, 0.2) is 0 Å². The van der Waals surface area contributed by atoms with Crippen molar-refractivity contribution in [3.05, 3.63) is 15.9 Å². The van der Waals surface area contributed by atoms with Gasteiger partial charge in [-0.3, -0.25) is 0 Å². The second kappa shape index (κ2) is 4.18. The van der Waals surface area contributed by atoms with Gasteiger partial charge in [0, 0.05) is 0 Å². The molecule has 1 aromatic heterocycles. The molecule has 1 heterocycles. The zero-order valence-electron chi connectivity index (χ0n) is 7.23. The summed E-state index contributed by atoms with van der Waals surface area (Å²) in [5.41, 5.74) is -0.140. The molecule has 0 N–H and O–H groups in total. The van der Waals surface area contributed by atoms with Crippen LogP contribution < -0.4 is 4.18 Å². The summed E-state index contributed by atoms with van der Waals surface area (Å²) < 4.78 is 25.8. The van der Waals surface area contributed by atoms with E-state index in [2.05, 4.69) is 14.2 Å². The molecule has 0 aliphatic rings. The third-order valence-electron chi connectivity index (χ3n) is 1.14. The summed E-state index contributed by atoms with van der Waals surface area (Å²) in [7, 11) is -3.76. The monoisotopic (exact) mass is 267 g/mol. The maximum Gasteiger partial charge on any atom is 0.335 e. The van der Waals surface area contributed by atoms with Crippen molar-refractivity contribution in [1.29, 1.82) is 5.26 Å². The third kappa shape index (κ3) is 3.20. The van der Waals surface area contributed by atoms with Crippen LogP contribution in [0.1, 0.15) is 5.56 Å². The number of hydrogen-bond acceptors (Lipinski definition) is 6. The van der Waals surface area contributed by atoms with Gasteiger partial charge in [-0.1, -0.05) is 23.2 Å². The second-order valence-corrected chi connectivity index (χ2v) is 4.65. The molecule has 9 heteroatoms. The molecule has 0 amide bonds. The van der Waals surface area contributed by atoms with Crippen molar-refractivity contribution in [3.8, 4) is 12.1 Å². The molecule has 1 aromatic rings. The van der Waals surface area contributed by atoms with Crippen LogP contribution in [-0.4, -0.2) is 24.6 Å². The Morgan fingerprint density at radius 3 is 2.13 bits per heavy atom. The van der Waals surface area contributed by atoms with Gasteiger partial charge in [0.25, 0.3) is 0 Å². The highest BCUT2D eigenvalue weighted by molar-refractivity contribution is 7.86. The molecule has 0 atom stereocenters. The molecule has 0 saturated carbocycles. The molecule has 6 nitrogen and oxygen atoms in total. The van der Waals surface area contributed by atoms with Gasteiger partial charge >= 0.3 is 16.1 Å². The number of nitrogens with zero attached hydrogens (tertiary/aromatic N) is 3. The quantitative estimate of drug-likeness (QED) is 0.586. The minimum atomic E-state index is -3.76. The molecule has 0 aliphatic heterocycles. The van der Waals surface area contributed by atoms with Gasteiger partial charge in [0.15, 0.2) is 10.3 Å². The zero-order chi connectivity index (χ0) is 11.6. The van der Waals surface area contributed by atoms with E-state index >= 15 is 0 Å². The van der Waals surface area contributed by atoms with Gasteiger partial charge in [-0.25, -0.2) is 0 Å². The molecule has 0 unspecified atom stereocenters. The molecule has 0 radical (unpaired) electrons. The third-order valence-corrected chi connectivity index (χ3v) is 2.14. The molecule has 0 saturated heterocycles. The van der Waals surface area contributed by atoms with Crippen LogP contribution in [0, 0.1) is 11.3 Å². The van der Waals surface area contributed by atoms with E-state index in [-0.39, 0.29) is 15.9 Å². The Kier molecular flexibility index (Phi) is 3.34. The number of nitriles is 1. The summed E-state index contributed by atoms with van der Waals surface area (Å²) in [5, 5.41) is 8.03. The molecule has 0 fully saturated rings. The van der Waals surface area contributed by atoms with Gasteiger partial charge in [-0.15, -0.1) is 0 Å². The van der Waals surface area contributed by atoms with Crippen LogP contribution in [-0.2, 0) is 10.1 Å². The van der Waals surface area contributed by atoms with Crippen molar-refractivity contribution >= 4 is 33.3 Å². The number of halogens is 2. The van der Waals surface area contributed by atoms with Gasteiger partial charge in [0.2, 0.25) is 0 Å². The lowest BCUT2D eigenvalue weighted by Gasteiger charge is -2.02. The molecule has 80 valence electrons.